The largest absolute Gasteiger partial charge is 0.463 e. The molecule has 2 heterocycles. The van der Waals surface area contributed by atoms with E-state index in [1.54, 1.807) is 10.9 Å². The third-order valence-corrected chi connectivity index (χ3v) is 3.14. The van der Waals surface area contributed by atoms with E-state index in [1.807, 2.05) is 19.2 Å². The Kier molecular flexibility index (Phi) is 2.11. The lowest BCUT2D eigenvalue weighted by molar-refractivity contribution is 0.157. The molecule has 2 aromatic heterocycles. The Balaban J connectivity index is 2.21. The Morgan fingerprint density at radius 1 is 1.56 bits per heavy atom. The maximum absolute atomic E-state index is 10.1. The third-order valence-electron chi connectivity index (χ3n) is 3.14. The Labute approximate surface area is 93.5 Å². The van der Waals surface area contributed by atoms with E-state index < -0.39 is 6.10 Å². The second kappa shape index (κ2) is 3.49. The van der Waals surface area contributed by atoms with E-state index in [9.17, 15) is 5.11 Å². The van der Waals surface area contributed by atoms with Crippen molar-refractivity contribution in [3.05, 3.63) is 29.7 Å². The highest BCUT2D eigenvalue weighted by atomic mass is 16.3. The molecule has 1 aliphatic carbocycles. The molecule has 2 aromatic rings. The number of hydrogen-bond donors (Lipinski definition) is 1. The number of nitrogens with zero attached hydrogens (tertiary/aromatic N) is 2. The van der Waals surface area contributed by atoms with Crippen LogP contribution in [0.15, 0.2) is 22.8 Å². The molecule has 16 heavy (non-hydrogen) atoms. The lowest BCUT2D eigenvalue weighted by atomic mass is 9.92. The quantitative estimate of drug-likeness (QED) is 0.797. The summed E-state index contributed by atoms with van der Waals surface area (Å²) in [6.45, 7) is 0. The monoisotopic (exact) mass is 218 g/mol. The number of furan rings is 1. The van der Waals surface area contributed by atoms with Gasteiger partial charge < -0.3 is 9.52 Å². The minimum absolute atomic E-state index is 0.405. The predicted molar refractivity (Wildman–Crippen MR) is 58.8 cm³/mol. The Morgan fingerprint density at radius 2 is 2.44 bits per heavy atom. The number of hydrogen-bond acceptors (Lipinski definition) is 3. The molecule has 1 N–H and O–H groups in total. The highest BCUT2D eigenvalue weighted by Crippen LogP contribution is 2.36. The van der Waals surface area contributed by atoms with Crippen molar-refractivity contribution >= 4 is 0 Å². The van der Waals surface area contributed by atoms with Crippen molar-refractivity contribution in [1.82, 2.24) is 9.78 Å². The van der Waals surface area contributed by atoms with Crippen LogP contribution >= 0.6 is 0 Å². The van der Waals surface area contributed by atoms with Crippen LogP contribution in [0.25, 0.3) is 11.5 Å². The van der Waals surface area contributed by atoms with Crippen molar-refractivity contribution in [2.75, 3.05) is 0 Å². The van der Waals surface area contributed by atoms with Crippen molar-refractivity contribution < 1.29 is 9.52 Å². The molecule has 0 amide bonds. The number of aryl methyl sites for hydroxylation is 2. The van der Waals surface area contributed by atoms with Gasteiger partial charge in [0.05, 0.1) is 18.1 Å². The summed E-state index contributed by atoms with van der Waals surface area (Å²) in [6, 6.07) is 3.75. The summed E-state index contributed by atoms with van der Waals surface area (Å²) >= 11 is 0. The van der Waals surface area contributed by atoms with Crippen LogP contribution in [0.5, 0.6) is 0 Å². The molecule has 4 heteroatoms. The second-order valence-electron chi connectivity index (χ2n) is 4.22. The molecule has 0 aromatic carbocycles. The summed E-state index contributed by atoms with van der Waals surface area (Å²) < 4.78 is 7.20. The van der Waals surface area contributed by atoms with E-state index in [2.05, 4.69) is 5.10 Å². The smallest absolute Gasteiger partial charge is 0.152 e. The summed E-state index contributed by atoms with van der Waals surface area (Å²) in [4.78, 5) is 0. The third kappa shape index (κ3) is 1.30. The maximum atomic E-state index is 10.1. The molecule has 0 bridgehead atoms. The molecule has 4 nitrogen and oxygen atoms in total. The Bertz CT molecular complexity index is 499. The first kappa shape index (κ1) is 9.66. The average Bonchev–Trinajstić information content (AvgIpc) is 2.84. The highest BCUT2D eigenvalue weighted by Gasteiger charge is 2.27. The summed E-state index contributed by atoms with van der Waals surface area (Å²) in [5.74, 6) is 0.775. The molecule has 0 saturated heterocycles. The van der Waals surface area contributed by atoms with Gasteiger partial charge in [0.1, 0.15) is 5.69 Å². The number of aromatic nitrogens is 2. The first-order valence-corrected chi connectivity index (χ1v) is 5.55. The summed E-state index contributed by atoms with van der Waals surface area (Å²) in [5, 5.41) is 14.5. The summed E-state index contributed by atoms with van der Waals surface area (Å²) in [7, 11) is 1.89. The molecule has 1 unspecified atom stereocenters. The number of rotatable bonds is 1. The lowest BCUT2D eigenvalue weighted by Crippen LogP contribution is -2.08. The van der Waals surface area contributed by atoms with Crippen molar-refractivity contribution in [2.45, 2.75) is 25.4 Å². The van der Waals surface area contributed by atoms with Gasteiger partial charge in [0.15, 0.2) is 5.76 Å². The van der Waals surface area contributed by atoms with Crippen LogP contribution in [-0.4, -0.2) is 14.9 Å². The molecule has 84 valence electrons. The van der Waals surface area contributed by atoms with Gasteiger partial charge in [-0.2, -0.15) is 5.10 Å². The topological polar surface area (TPSA) is 51.2 Å². The van der Waals surface area contributed by atoms with Gasteiger partial charge in [0.2, 0.25) is 0 Å². The number of aliphatic hydroxyl groups excluding tert-OH is 1. The molecule has 1 atom stereocenters. The molecule has 0 spiro atoms. The fourth-order valence-electron chi connectivity index (χ4n) is 2.44. The van der Waals surface area contributed by atoms with Gasteiger partial charge in [0.25, 0.3) is 0 Å². The zero-order valence-electron chi connectivity index (χ0n) is 9.18. The van der Waals surface area contributed by atoms with E-state index >= 15 is 0 Å². The van der Waals surface area contributed by atoms with E-state index in [4.69, 9.17) is 4.42 Å². The van der Waals surface area contributed by atoms with Crippen LogP contribution in [0.2, 0.25) is 0 Å². The van der Waals surface area contributed by atoms with Crippen LogP contribution in [0, 0.1) is 0 Å². The fourth-order valence-corrected chi connectivity index (χ4v) is 2.44. The van der Waals surface area contributed by atoms with Crippen molar-refractivity contribution in [3.63, 3.8) is 0 Å². The van der Waals surface area contributed by atoms with Gasteiger partial charge in [-0.15, -0.1) is 0 Å². The zero-order valence-corrected chi connectivity index (χ0v) is 9.18. The molecule has 1 aliphatic rings. The predicted octanol–water partition coefficient (Wildman–Crippen LogP) is 2.05. The van der Waals surface area contributed by atoms with Crippen molar-refractivity contribution in [1.29, 1.82) is 0 Å². The van der Waals surface area contributed by atoms with Crippen LogP contribution in [0.4, 0.5) is 0 Å². The Hall–Kier alpha value is -1.55. The van der Waals surface area contributed by atoms with Crippen LogP contribution in [0.3, 0.4) is 0 Å². The average molecular weight is 218 g/mol. The van der Waals surface area contributed by atoms with E-state index in [0.717, 1.165) is 42.0 Å². The van der Waals surface area contributed by atoms with Gasteiger partial charge in [0, 0.05) is 12.6 Å². The second-order valence-corrected chi connectivity index (χ2v) is 4.22. The minimum atomic E-state index is -0.405. The number of fused-ring (bicyclic) bond motifs is 1. The van der Waals surface area contributed by atoms with E-state index in [0.29, 0.717) is 0 Å². The summed E-state index contributed by atoms with van der Waals surface area (Å²) in [6.07, 6.45) is 4.00. The highest BCUT2D eigenvalue weighted by molar-refractivity contribution is 5.60. The molecule has 3 rings (SSSR count). The first-order valence-electron chi connectivity index (χ1n) is 5.55. The van der Waals surface area contributed by atoms with Gasteiger partial charge in [-0.05, 0) is 31.4 Å². The van der Waals surface area contributed by atoms with E-state index in [1.165, 1.54) is 0 Å². The molecule has 0 saturated carbocycles. The maximum Gasteiger partial charge on any atom is 0.152 e. The molecular formula is C12H14N2O2. The number of aliphatic hydroxyl groups is 1. The molecule has 0 fully saturated rings. The molecule has 0 aliphatic heterocycles. The zero-order chi connectivity index (χ0) is 11.1. The van der Waals surface area contributed by atoms with Gasteiger partial charge in [-0.3, -0.25) is 4.68 Å². The van der Waals surface area contributed by atoms with Crippen molar-refractivity contribution in [3.8, 4) is 11.5 Å². The summed E-state index contributed by atoms with van der Waals surface area (Å²) in [5.41, 5.74) is 2.86. The van der Waals surface area contributed by atoms with Crippen LogP contribution < -0.4 is 0 Å². The first-order chi connectivity index (χ1) is 7.77. The Morgan fingerprint density at radius 3 is 3.19 bits per heavy atom. The van der Waals surface area contributed by atoms with E-state index in [-0.39, 0.29) is 0 Å². The SMILES string of the molecule is Cn1nc2c(c1-c1ccco1)C(O)CCC2. The van der Waals surface area contributed by atoms with Crippen LogP contribution in [-0.2, 0) is 13.5 Å². The molecular weight excluding hydrogens is 204 g/mol. The fraction of sp³-hybridized carbons (Fsp3) is 0.417. The normalized spacial score (nSPS) is 19.8. The van der Waals surface area contributed by atoms with Crippen molar-refractivity contribution in [2.24, 2.45) is 7.05 Å². The van der Waals surface area contributed by atoms with Gasteiger partial charge in [-0.1, -0.05) is 0 Å². The molecule has 0 radical (unpaired) electrons. The van der Waals surface area contributed by atoms with Gasteiger partial charge >= 0.3 is 0 Å². The lowest BCUT2D eigenvalue weighted by Gasteiger charge is -2.17. The minimum Gasteiger partial charge on any atom is -0.463 e. The van der Waals surface area contributed by atoms with Crippen LogP contribution in [0.1, 0.15) is 30.2 Å². The van der Waals surface area contributed by atoms with Gasteiger partial charge in [-0.25, -0.2) is 0 Å². The standard InChI is InChI=1S/C12H14N2O2/c1-14-12(10-6-3-7-16-10)11-8(13-14)4-2-5-9(11)15/h3,6-7,9,15H,2,4-5H2,1H3.